The van der Waals surface area contributed by atoms with Gasteiger partial charge in [-0.15, -0.1) is 0 Å². The van der Waals surface area contributed by atoms with Crippen LogP contribution < -0.4 is 5.32 Å². The van der Waals surface area contributed by atoms with Crippen molar-refractivity contribution in [3.63, 3.8) is 0 Å². The molecule has 0 unspecified atom stereocenters. The highest BCUT2D eigenvalue weighted by atomic mass is 16.5. The fourth-order valence-electron chi connectivity index (χ4n) is 2.73. The number of nitrogens with one attached hydrogen (secondary N) is 1. The second kappa shape index (κ2) is 9.15. The van der Waals surface area contributed by atoms with Crippen molar-refractivity contribution in [3.05, 3.63) is 35.4 Å². The number of methoxy groups -OCH3 is 1. The fraction of sp³-hybridized carbons (Fsp3) is 0.647. The topological polar surface area (TPSA) is 27.7 Å². The standard InChI is InChI=1S/C17H29N3O/c1-19-9-11-20(12-10-19)8-4-7-18-14-16-5-3-6-17(13-16)15-21-2/h3,5-6,13,18H,4,7-12,14-15H2,1-2H3. The average molecular weight is 291 g/mol. The van der Waals surface area contributed by atoms with Crippen molar-refractivity contribution in [1.29, 1.82) is 0 Å². The average Bonchev–Trinajstić information content (AvgIpc) is 2.50. The molecule has 1 aromatic carbocycles. The third kappa shape index (κ3) is 6.14. The van der Waals surface area contributed by atoms with Crippen molar-refractivity contribution in [1.82, 2.24) is 15.1 Å². The summed E-state index contributed by atoms with van der Waals surface area (Å²) in [4.78, 5) is 4.97. The predicted molar refractivity (Wildman–Crippen MR) is 87.4 cm³/mol. The number of likely N-dealkylation sites (N-methyl/N-ethyl adjacent to an activating group) is 1. The van der Waals surface area contributed by atoms with Gasteiger partial charge in [-0.2, -0.15) is 0 Å². The summed E-state index contributed by atoms with van der Waals surface area (Å²) in [6.07, 6.45) is 1.22. The van der Waals surface area contributed by atoms with Gasteiger partial charge >= 0.3 is 0 Å². The first-order valence-electron chi connectivity index (χ1n) is 7.96. The highest BCUT2D eigenvalue weighted by Crippen LogP contribution is 2.06. The zero-order valence-electron chi connectivity index (χ0n) is 13.5. The van der Waals surface area contributed by atoms with Gasteiger partial charge in [-0.3, -0.25) is 0 Å². The van der Waals surface area contributed by atoms with Crippen LogP contribution in [0.1, 0.15) is 17.5 Å². The van der Waals surface area contributed by atoms with Crippen molar-refractivity contribution < 1.29 is 4.74 Å². The minimum Gasteiger partial charge on any atom is -0.380 e. The molecule has 1 saturated heterocycles. The fourth-order valence-corrected chi connectivity index (χ4v) is 2.73. The van der Waals surface area contributed by atoms with Gasteiger partial charge in [0.05, 0.1) is 6.61 Å². The van der Waals surface area contributed by atoms with Gasteiger partial charge in [0.1, 0.15) is 0 Å². The van der Waals surface area contributed by atoms with Gasteiger partial charge in [-0.1, -0.05) is 24.3 Å². The van der Waals surface area contributed by atoms with Crippen LogP contribution >= 0.6 is 0 Å². The minimum atomic E-state index is 0.692. The number of benzene rings is 1. The molecule has 1 aliphatic heterocycles. The maximum Gasteiger partial charge on any atom is 0.0713 e. The third-order valence-electron chi connectivity index (χ3n) is 4.06. The Kier molecular flexibility index (Phi) is 7.16. The molecular formula is C17H29N3O. The normalized spacial score (nSPS) is 17.2. The van der Waals surface area contributed by atoms with Crippen LogP contribution in [-0.2, 0) is 17.9 Å². The molecule has 1 heterocycles. The lowest BCUT2D eigenvalue weighted by molar-refractivity contribution is 0.153. The molecule has 1 aliphatic rings. The Labute approximate surface area is 129 Å². The molecule has 0 amide bonds. The van der Waals surface area contributed by atoms with Gasteiger partial charge in [0.2, 0.25) is 0 Å². The van der Waals surface area contributed by atoms with E-state index in [2.05, 4.69) is 46.4 Å². The Hall–Kier alpha value is -0.940. The summed E-state index contributed by atoms with van der Waals surface area (Å²) in [5, 5.41) is 3.54. The predicted octanol–water partition coefficient (Wildman–Crippen LogP) is 1.56. The number of hydrogen-bond acceptors (Lipinski definition) is 4. The zero-order chi connectivity index (χ0) is 14.9. The molecule has 0 aliphatic carbocycles. The summed E-state index contributed by atoms with van der Waals surface area (Å²) in [6.45, 7) is 8.79. The quantitative estimate of drug-likeness (QED) is 0.736. The second-order valence-corrected chi connectivity index (χ2v) is 5.93. The van der Waals surface area contributed by atoms with Gasteiger partial charge in [-0.25, -0.2) is 0 Å². The molecule has 0 bridgehead atoms. The Morgan fingerprint density at radius 2 is 1.90 bits per heavy atom. The van der Waals surface area contributed by atoms with Gasteiger partial charge in [0.25, 0.3) is 0 Å². The lowest BCUT2D eigenvalue weighted by atomic mass is 10.1. The van der Waals surface area contributed by atoms with Crippen LogP contribution in [0, 0.1) is 0 Å². The van der Waals surface area contributed by atoms with Gasteiger partial charge in [-0.05, 0) is 37.7 Å². The van der Waals surface area contributed by atoms with Crippen molar-refractivity contribution in [3.8, 4) is 0 Å². The smallest absolute Gasteiger partial charge is 0.0713 e. The number of nitrogens with zero attached hydrogens (tertiary/aromatic N) is 2. The van der Waals surface area contributed by atoms with Crippen molar-refractivity contribution in [2.45, 2.75) is 19.6 Å². The molecule has 0 spiro atoms. The summed E-state index contributed by atoms with van der Waals surface area (Å²) in [5.74, 6) is 0. The highest BCUT2D eigenvalue weighted by Gasteiger charge is 2.12. The van der Waals surface area contributed by atoms with E-state index in [0.717, 1.165) is 13.1 Å². The zero-order valence-corrected chi connectivity index (χ0v) is 13.5. The third-order valence-corrected chi connectivity index (χ3v) is 4.06. The molecule has 0 radical (unpaired) electrons. The minimum absolute atomic E-state index is 0.692. The molecule has 4 nitrogen and oxygen atoms in total. The van der Waals surface area contributed by atoms with E-state index in [1.165, 1.54) is 50.3 Å². The van der Waals surface area contributed by atoms with E-state index in [1.807, 2.05) is 0 Å². The van der Waals surface area contributed by atoms with Crippen molar-refractivity contribution in [2.75, 3.05) is 53.4 Å². The first kappa shape index (κ1) is 16.4. The monoisotopic (exact) mass is 291 g/mol. The van der Waals surface area contributed by atoms with Crippen LogP contribution in [0.15, 0.2) is 24.3 Å². The number of ether oxygens (including phenoxy) is 1. The van der Waals surface area contributed by atoms with E-state index in [1.54, 1.807) is 7.11 Å². The molecule has 2 rings (SSSR count). The molecule has 118 valence electrons. The summed E-state index contributed by atoms with van der Waals surface area (Å²) < 4.78 is 5.17. The van der Waals surface area contributed by atoms with E-state index >= 15 is 0 Å². The molecule has 1 aromatic rings. The lowest BCUT2D eigenvalue weighted by Gasteiger charge is -2.32. The largest absolute Gasteiger partial charge is 0.380 e. The molecule has 0 atom stereocenters. The van der Waals surface area contributed by atoms with E-state index in [4.69, 9.17) is 4.74 Å². The lowest BCUT2D eigenvalue weighted by Crippen LogP contribution is -2.45. The van der Waals surface area contributed by atoms with Crippen LogP contribution in [-0.4, -0.2) is 63.2 Å². The van der Waals surface area contributed by atoms with Crippen molar-refractivity contribution >= 4 is 0 Å². The second-order valence-electron chi connectivity index (χ2n) is 5.93. The Morgan fingerprint density at radius 1 is 1.14 bits per heavy atom. The molecule has 21 heavy (non-hydrogen) atoms. The van der Waals surface area contributed by atoms with Crippen molar-refractivity contribution in [2.24, 2.45) is 0 Å². The molecular weight excluding hydrogens is 262 g/mol. The highest BCUT2D eigenvalue weighted by molar-refractivity contribution is 5.22. The molecule has 1 fully saturated rings. The number of hydrogen-bond donors (Lipinski definition) is 1. The van der Waals surface area contributed by atoms with Crippen LogP contribution in [0.3, 0.4) is 0 Å². The summed E-state index contributed by atoms with van der Waals surface area (Å²) in [6, 6.07) is 8.61. The maximum absolute atomic E-state index is 5.17. The van der Waals surface area contributed by atoms with E-state index < -0.39 is 0 Å². The van der Waals surface area contributed by atoms with Crippen LogP contribution in [0.2, 0.25) is 0 Å². The summed E-state index contributed by atoms with van der Waals surface area (Å²) in [7, 11) is 3.94. The Morgan fingerprint density at radius 3 is 2.67 bits per heavy atom. The molecule has 0 aromatic heterocycles. The van der Waals surface area contributed by atoms with E-state index in [9.17, 15) is 0 Å². The SMILES string of the molecule is COCc1cccc(CNCCCN2CCN(C)CC2)c1. The maximum atomic E-state index is 5.17. The summed E-state index contributed by atoms with van der Waals surface area (Å²) in [5.41, 5.74) is 2.58. The van der Waals surface area contributed by atoms with Crippen LogP contribution in [0.4, 0.5) is 0 Å². The van der Waals surface area contributed by atoms with Crippen LogP contribution in [0.25, 0.3) is 0 Å². The Balaban J connectivity index is 1.58. The van der Waals surface area contributed by atoms with E-state index in [-0.39, 0.29) is 0 Å². The molecule has 0 saturated carbocycles. The Bertz CT molecular complexity index is 403. The number of piperazine rings is 1. The van der Waals surface area contributed by atoms with Gasteiger partial charge < -0.3 is 19.9 Å². The molecule has 1 N–H and O–H groups in total. The van der Waals surface area contributed by atoms with Crippen LogP contribution in [0.5, 0.6) is 0 Å². The molecule has 4 heteroatoms. The van der Waals surface area contributed by atoms with E-state index in [0.29, 0.717) is 6.61 Å². The first-order valence-corrected chi connectivity index (χ1v) is 7.96. The first-order chi connectivity index (χ1) is 10.3. The summed E-state index contributed by atoms with van der Waals surface area (Å²) >= 11 is 0. The van der Waals surface area contributed by atoms with Gasteiger partial charge in [0, 0.05) is 39.8 Å². The van der Waals surface area contributed by atoms with Gasteiger partial charge in [0.15, 0.2) is 0 Å². The number of rotatable bonds is 8.